The average molecular weight is 412 g/mol. The van der Waals surface area contributed by atoms with E-state index in [0.717, 1.165) is 16.9 Å². The van der Waals surface area contributed by atoms with Gasteiger partial charge in [-0.05, 0) is 37.1 Å². The van der Waals surface area contributed by atoms with Crippen LogP contribution in [-0.4, -0.2) is 57.2 Å². The zero-order valence-electron chi connectivity index (χ0n) is 17.5. The molecule has 0 saturated carbocycles. The first kappa shape index (κ1) is 20.4. The summed E-state index contributed by atoms with van der Waals surface area (Å²) >= 11 is 0. The van der Waals surface area contributed by atoms with Crippen molar-refractivity contribution in [2.75, 3.05) is 25.0 Å². The maximum atomic E-state index is 14.2. The van der Waals surface area contributed by atoms with Crippen LogP contribution in [0.15, 0.2) is 42.7 Å². The van der Waals surface area contributed by atoms with Gasteiger partial charge in [-0.2, -0.15) is 5.10 Å². The lowest BCUT2D eigenvalue weighted by atomic mass is 10.1. The molecule has 3 aromatic rings. The second-order valence-corrected chi connectivity index (χ2v) is 8.07. The van der Waals surface area contributed by atoms with Crippen molar-refractivity contribution in [3.63, 3.8) is 0 Å². The van der Waals surface area contributed by atoms with Gasteiger partial charge in [0.25, 0.3) is 0 Å². The largest absolute Gasteiger partial charge is 0.356 e. The van der Waals surface area contributed by atoms with E-state index in [9.17, 15) is 8.78 Å². The number of halogens is 2. The molecular formula is C22H26F2N6. The molecule has 0 unspecified atom stereocenters. The number of anilines is 1. The summed E-state index contributed by atoms with van der Waals surface area (Å²) in [5.41, 5.74) is 3.35. The van der Waals surface area contributed by atoms with Crippen LogP contribution in [0.1, 0.15) is 17.5 Å². The number of nitrogens with zero attached hydrogens (tertiary/aromatic N) is 6. The summed E-state index contributed by atoms with van der Waals surface area (Å²) in [6.45, 7) is 3.71. The number of hydrogen-bond donors (Lipinski definition) is 0. The number of likely N-dealkylation sites (tertiary alicyclic amines) is 1. The highest BCUT2D eigenvalue weighted by molar-refractivity contribution is 5.61. The van der Waals surface area contributed by atoms with Gasteiger partial charge in [0.2, 0.25) is 0 Å². The molecule has 0 N–H and O–H groups in total. The van der Waals surface area contributed by atoms with Crippen LogP contribution in [0, 0.1) is 12.7 Å². The third kappa shape index (κ3) is 4.48. The zero-order valence-corrected chi connectivity index (χ0v) is 17.5. The Kier molecular flexibility index (Phi) is 5.76. The lowest BCUT2D eigenvalue weighted by Gasteiger charge is -2.29. The standard InChI is InChI=1S/C22H26F2N6/c1-15-7-21(17-5-4-6-18(23)8-17)26-27-22(15)28(2)14-20-9-19(24)13-30(20)12-16-10-25-29(3)11-16/h4-8,10-11,19-20H,9,12-14H2,1-3H3/t19-,20-/m0/s1. The molecule has 8 heteroatoms. The van der Waals surface area contributed by atoms with Crippen molar-refractivity contribution in [2.45, 2.75) is 32.1 Å². The van der Waals surface area contributed by atoms with Crippen molar-refractivity contribution in [3.05, 3.63) is 59.7 Å². The van der Waals surface area contributed by atoms with Gasteiger partial charge < -0.3 is 4.90 Å². The van der Waals surface area contributed by atoms with Crippen LogP contribution in [0.4, 0.5) is 14.6 Å². The van der Waals surface area contributed by atoms with Gasteiger partial charge in [-0.1, -0.05) is 12.1 Å². The first-order chi connectivity index (χ1) is 14.4. The van der Waals surface area contributed by atoms with Gasteiger partial charge in [-0.3, -0.25) is 9.58 Å². The fourth-order valence-corrected chi connectivity index (χ4v) is 4.14. The Labute approximate surface area is 175 Å². The minimum Gasteiger partial charge on any atom is -0.356 e. The van der Waals surface area contributed by atoms with Crippen LogP contribution in [-0.2, 0) is 13.6 Å². The van der Waals surface area contributed by atoms with Crippen LogP contribution in [0.5, 0.6) is 0 Å². The van der Waals surface area contributed by atoms with E-state index in [1.165, 1.54) is 12.1 Å². The molecule has 1 aromatic carbocycles. The maximum absolute atomic E-state index is 14.2. The molecule has 0 spiro atoms. The topological polar surface area (TPSA) is 50.1 Å². The molecule has 0 aliphatic carbocycles. The number of benzene rings is 1. The molecule has 0 bridgehead atoms. The Morgan fingerprint density at radius 2 is 2.07 bits per heavy atom. The molecule has 0 radical (unpaired) electrons. The van der Waals surface area contributed by atoms with E-state index in [1.54, 1.807) is 10.7 Å². The van der Waals surface area contributed by atoms with Crippen LogP contribution in [0.25, 0.3) is 11.3 Å². The van der Waals surface area contributed by atoms with E-state index >= 15 is 0 Å². The number of alkyl halides is 1. The van der Waals surface area contributed by atoms with Gasteiger partial charge in [0.05, 0.1) is 11.9 Å². The van der Waals surface area contributed by atoms with Crippen LogP contribution >= 0.6 is 0 Å². The monoisotopic (exact) mass is 412 g/mol. The highest BCUT2D eigenvalue weighted by Gasteiger charge is 2.33. The SMILES string of the molecule is Cc1cc(-c2cccc(F)c2)nnc1N(C)C[C@@H]1C[C@H](F)CN1Cc1cnn(C)c1. The minimum atomic E-state index is -0.831. The Morgan fingerprint density at radius 3 is 2.77 bits per heavy atom. The third-order valence-corrected chi connectivity index (χ3v) is 5.55. The van der Waals surface area contributed by atoms with E-state index in [-0.39, 0.29) is 11.9 Å². The molecule has 4 rings (SSSR count). The number of hydrogen-bond acceptors (Lipinski definition) is 5. The van der Waals surface area contributed by atoms with Gasteiger partial charge in [0.1, 0.15) is 12.0 Å². The van der Waals surface area contributed by atoms with Gasteiger partial charge in [0, 0.05) is 57.1 Å². The molecule has 0 amide bonds. The summed E-state index contributed by atoms with van der Waals surface area (Å²) in [6.07, 6.45) is 3.46. The summed E-state index contributed by atoms with van der Waals surface area (Å²) in [6, 6.07) is 8.31. The van der Waals surface area contributed by atoms with Gasteiger partial charge in [-0.15, -0.1) is 10.2 Å². The summed E-state index contributed by atoms with van der Waals surface area (Å²) < 4.78 is 29.5. The molecule has 1 aliphatic rings. The van der Waals surface area contributed by atoms with E-state index in [1.807, 2.05) is 50.4 Å². The Balaban J connectivity index is 1.47. The molecule has 3 heterocycles. The summed E-state index contributed by atoms with van der Waals surface area (Å²) in [7, 11) is 3.83. The van der Waals surface area contributed by atoms with Crippen LogP contribution in [0.3, 0.4) is 0 Å². The molecule has 2 aromatic heterocycles. The van der Waals surface area contributed by atoms with Crippen molar-refractivity contribution in [1.82, 2.24) is 24.9 Å². The second-order valence-electron chi connectivity index (χ2n) is 8.07. The average Bonchev–Trinajstić information content (AvgIpc) is 3.26. The molecule has 30 heavy (non-hydrogen) atoms. The van der Waals surface area contributed by atoms with Crippen LogP contribution < -0.4 is 4.90 Å². The summed E-state index contributed by atoms with van der Waals surface area (Å²) in [5.74, 6) is 0.447. The molecule has 2 atom stereocenters. The smallest absolute Gasteiger partial charge is 0.154 e. The molecular weight excluding hydrogens is 386 g/mol. The Bertz CT molecular complexity index is 1020. The quantitative estimate of drug-likeness (QED) is 0.621. The first-order valence-corrected chi connectivity index (χ1v) is 10.1. The molecule has 6 nitrogen and oxygen atoms in total. The normalized spacial score (nSPS) is 19.4. The van der Waals surface area contributed by atoms with Crippen molar-refractivity contribution in [1.29, 1.82) is 0 Å². The van der Waals surface area contributed by atoms with Crippen molar-refractivity contribution in [2.24, 2.45) is 7.05 Å². The van der Waals surface area contributed by atoms with Crippen molar-refractivity contribution < 1.29 is 8.78 Å². The van der Waals surface area contributed by atoms with Gasteiger partial charge in [-0.25, -0.2) is 8.78 Å². The third-order valence-electron chi connectivity index (χ3n) is 5.55. The van der Waals surface area contributed by atoms with E-state index in [2.05, 4.69) is 20.2 Å². The number of likely N-dealkylation sites (N-methyl/N-ethyl adjacent to an activating group) is 1. The number of aromatic nitrogens is 4. The predicted octanol–water partition coefficient (Wildman–Crippen LogP) is 3.37. The maximum Gasteiger partial charge on any atom is 0.154 e. The predicted molar refractivity (Wildman–Crippen MR) is 112 cm³/mol. The van der Waals surface area contributed by atoms with Gasteiger partial charge in [0.15, 0.2) is 5.82 Å². The van der Waals surface area contributed by atoms with Crippen molar-refractivity contribution in [3.8, 4) is 11.3 Å². The fourth-order valence-electron chi connectivity index (χ4n) is 4.14. The lowest BCUT2D eigenvalue weighted by Crippen LogP contribution is -2.39. The van der Waals surface area contributed by atoms with Gasteiger partial charge >= 0.3 is 0 Å². The number of rotatable bonds is 6. The first-order valence-electron chi connectivity index (χ1n) is 10.1. The molecule has 1 fully saturated rings. The molecule has 1 aliphatic heterocycles. The zero-order chi connectivity index (χ0) is 21.3. The number of aryl methyl sites for hydroxylation is 2. The minimum absolute atomic E-state index is 0.0781. The Hall–Kier alpha value is -2.87. The summed E-state index contributed by atoms with van der Waals surface area (Å²) in [4.78, 5) is 4.19. The van der Waals surface area contributed by atoms with E-state index < -0.39 is 6.17 Å². The Morgan fingerprint density at radius 1 is 1.23 bits per heavy atom. The second kappa shape index (κ2) is 8.47. The summed E-state index contributed by atoms with van der Waals surface area (Å²) in [5, 5.41) is 12.9. The molecule has 1 saturated heterocycles. The molecule has 158 valence electrons. The van der Waals surface area contributed by atoms with E-state index in [4.69, 9.17) is 0 Å². The van der Waals surface area contributed by atoms with E-state index in [0.29, 0.717) is 37.3 Å². The highest BCUT2D eigenvalue weighted by atomic mass is 19.1. The van der Waals surface area contributed by atoms with Crippen molar-refractivity contribution >= 4 is 5.82 Å². The van der Waals surface area contributed by atoms with Crippen LogP contribution in [0.2, 0.25) is 0 Å². The fraction of sp³-hybridized carbons (Fsp3) is 0.409. The lowest BCUT2D eigenvalue weighted by molar-refractivity contribution is 0.237. The highest BCUT2D eigenvalue weighted by Crippen LogP contribution is 2.26.